The molecular formula is C22H20BrFN2O4S2. The molecule has 1 aliphatic rings. The SMILES string of the molecule is CCCN1C(=O)/C(=C/c2cc(Br)c(OCC(=O)Nc3ccc(F)cc3)c(OC)c2)SC1=S. The number of carbonyl (C=O) groups excluding carboxylic acids is 2. The van der Waals surface area contributed by atoms with Gasteiger partial charge in [-0.3, -0.25) is 14.5 Å². The lowest BCUT2D eigenvalue weighted by atomic mass is 10.2. The molecule has 168 valence electrons. The van der Waals surface area contributed by atoms with Crippen LogP contribution in [0.1, 0.15) is 18.9 Å². The van der Waals surface area contributed by atoms with E-state index in [4.69, 9.17) is 21.7 Å². The number of hydrogen-bond acceptors (Lipinski definition) is 6. The number of benzene rings is 2. The van der Waals surface area contributed by atoms with Crippen molar-refractivity contribution in [3.05, 3.63) is 57.2 Å². The maximum atomic E-state index is 13.0. The number of nitrogens with one attached hydrogen (secondary N) is 1. The Balaban J connectivity index is 1.72. The van der Waals surface area contributed by atoms with Gasteiger partial charge in [0.2, 0.25) is 0 Å². The fourth-order valence-corrected chi connectivity index (χ4v) is 4.78. The summed E-state index contributed by atoms with van der Waals surface area (Å²) in [7, 11) is 1.48. The van der Waals surface area contributed by atoms with Crippen molar-refractivity contribution in [1.29, 1.82) is 0 Å². The molecule has 0 saturated carbocycles. The molecule has 10 heteroatoms. The molecule has 1 fully saturated rings. The first-order chi connectivity index (χ1) is 15.3. The summed E-state index contributed by atoms with van der Waals surface area (Å²) in [4.78, 5) is 26.9. The summed E-state index contributed by atoms with van der Waals surface area (Å²) in [5.74, 6) is -0.175. The number of amides is 2. The van der Waals surface area contributed by atoms with Gasteiger partial charge in [-0.25, -0.2) is 4.39 Å². The van der Waals surface area contributed by atoms with Gasteiger partial charge in [0, 0.05) is 12.2 Å². The Morgan fingerprint density at radius 2 is 2.03 bits per heavy atom. The quantitative estimate of drug-likeness (QED) is 0.366. The van der Waals surface area contributed by atoms with E-state index in [2.05, 4.69) is 21.2 Å². The van der Waals surface area contributed by atoms with E-state index in [-0.39, 0.29) is 18.3 Å². The van der Waals surface area contributed by atoms with E-state index in [0.29, 0.717) is 43.0 Å². The number of hydrogen-bond donors (Lipinski definition) is 1. The van der Waals surface area contributed by atoms with Crippen LogP contribution in [0.4, 0.5) is 10.1 Å². The molecule has 1 N–H and O–H groups in total. The summed E-state index contributed by atoms with van der Waals surface area (Å²) >= 11 is 10.0. The van der Waals surface area contributed by atoms with Gasteiger partial charge in [0.15, 0.2) is 18.1 Å². The van der Waals surface area contributed by atoms with Crippen molar-refractivity contribution < 1.29 is 23.5 Å². The predicted octanol–water partition coefficient (Wildman–Crippen LogP) is 5.23. The lowest BCUT2D eigenvalue weighted by Crippen LogP contribution is -2.28. The Morgan fingerprint density at radius 1 is 1.31 bits per heavy atom. The number of carbonyl (C=O) groups is 2. The van der Waals surface area contributed by atoms with Crippen LogP contribution in [0, 0.1) is 5.82 Å². The average molecular weight is 539 g/mol. The molecule has 0 unspecified atom stereocenters. The number of rotatable bonds is 8. The minimum atomic E-state index is -0.408. The number of thioether (sulfide) groups is 1. The van der Waals surface area contributed by atoms with E-state index in [1.807, 2.05) is 6.92 Å². The molecule has 0 radical (unpaired) electrons. The molecule has 0 aliphatic carbocycles. The van der Waals surface area contributed by atoms with Crippen molar-refractivity contribution in [3.8, 4) is 11.5 Å². The Morgan fingerprint density at radius 3 is 2.69 bits per heavy atom. The van der Waals surface area contributed by atoms with Crippen molar-refractivity contribution in [1.82, 2.24) is 4.90 Å². The molecule has 3 rings (SSSR count). The maximum absolute atomic E-state index is 13.0. The fourth-order valence-electron chi connectivity index (χ4n) is 2.90. The van der Waals surface area contributed by atoms with Crippen molar-refractivity contribution in [2.75, 3.05) is 25.6 Å². The van der Waals surface area contributed by atoms with E-state index in [0.717, 1.165) is 6.42 Å². The lowest BCUT2D eigenvalue weighted by Gasteiger charge is -2.14. The number of anilines is 1. The molecule has 1 saturated heterocycles. The molecule has 2 amide bonds. The van der Waals surface area contributed by atoms with Crippen LogP contribution in [0.5, 0.6) is 11.5 Å². The van der Waals surface area contributed by atoms with Crippen LogP contribution in [0.2, 0.25) is 0 Å². The molecule has 0 aromatic heterocycles. The third kappa shape index (κ3) is 5.87. The van der Waals surface area contributed by atoms with Crippen molar-refractivity contribution in [2.45, 2.75) is 13.3 Å². The summed E-state index contributed by atoms with van der Waals surface area (Å²) in [5.41, 5.74) is 1.18. The van der Waals surface area contributed by atoms with Gasteiger partial charge >= 0.3 is 0 Å². The summed E-state index contributed by atoms with van der Waals surface area (Å²) in [6.45, 7) is 2.30. The second-order valence-electron chi connectivity index (χ2n) is 6.71. The van der Waals surface area contributed by atoms with E-state index in [1.165, 1.54) is 43.1 Å². The summed E-state index contributed by atoms with van der Waals surface area (Å²) in [6.07, 6.45) is 2.56. The summed E-state index contributed by atoms with van der Waals surface area (Å²) in [5, 5.41) is 2.63. The van der Waals surface area contributed by atoms with Gasteiger partial charge in [0.05, 0.1) is 16.5 Å². The van der Waals surface area contributed by atoms with E-state index >= 15 is 0 Å². The number of nitrogens with zero attached hydrogens (tertiary/aromatic N) is 1. The zero-order valence-electron chi connectivity index (χ0n) is 17.3. The fraction of sp³-hybridized carbons (Fsp3) is 0.227. The van der Waals surface area contributed by atoms with Crippen LogP contribution < -0.4 is 14.8 Å². The van der Waals surface area contributed by atoms with Gasteiger partial charge < -0.3 is 14.8 Å². The maximum Gasteiger partial charge on any atom is 0.266 e. The zero-order chi connectivity index (χ0) is 23.3. The molecule has 6 nitrogen and oxygen atoms in total. The first-order valence-corrected chi connectivity index (χ1v) is 11.6. The molecule has 0 atom stereocenters. The summed E-state index contributed by atoms with van der Waals surface area (Å²) in [6, 6.07) is 8.91. The van der Waals surface area contributed by atoms with Crippen LogP contribution >= 0.6 is 39.9 Å². The van der Waals surface area contributed by atoms with Crippen LogP contribution in [-0.4, -0.2) is 41.3 Å². The Labute approximate surface area is 203 Å². The molecule has 0 spiro atoms. The number of halogens is 2. The second kappa shape index (κ2) is 10.9. The highest BCUT2D eigenvalue weighted by Crippen LogP contribution is 2.39. The molecule has 2 aromatic rings. The number of thiocarbonyl (C=S) groups is 1. The predicted molar refractivity (Wildman–Crippen MR) is 131 cm³/mol. The van der Waals surface area contributed by atoms with Crippen molar-refractivity contribution >= 4 is 67.8 Å². The highest BCUT2D eigenvalue weighted by atomic mass is 79.9. The van der Waals surface area contributed by atoms with Gasteiger partial charge in [0.25, 0.3) is 11.8 Å². The topological polar surface area (TPSA) is 67.9 Å². The van der Waals surface area contributed by atoms with Crippen molar-refractivity contribution in [2.24, 2.45) is 0 Å². The molecule has 1 aliphatic heterocycles. The van der Waals surface area contributed by atoms with Gasteiger partial charge in [-0.1, -0.05) is 30.9 Å². The molecule has 0 bridgehead atoms. The first kappa shape index (κ1) is 24.2. The van der Waals surface area contributed by atoms with E-state index < -0.39 is 5.91 Å². The van der Waals surface area contributed by atoms with Gasteiger partial charge in [0.1, 0.15) is 10.1 Å². The van der Waals surface area contributed by atoms with E-state index in [1.54, 1.807) is 23.1 Å². The molecule has 32 heavy (non-hydrogen) atoms. The Bertz CT molecular complexity index is 1080. The zero-order valence-corrected chi connectivity index (χ0v) is 20.5. The van der Waals surface area contributed by atoms with E-state index in [9.17, 15) is 14.0 Å². The minimum Gasteiger partial charge on any atom is -0.493 e. The highest BCUT2D eigenvalue weighted by molar-refractivity contribution is 9.10. The van der Waals surface area contributed by atoms with Gasteiger partial charge in [-0.2, -0.15) is 0 Å². The molecule has 1 heterocycles. The van der Waals surface area contributed by atoms with Gasteiger partial charge in [-0.05, 0) is 70.4 Å². The van der Waals surface area contributed by atoms with Crippen molar-refractivity contribution in [3.63, 3.8) is 0 Å². The lowest BCUT2D eigenvalue weighted by molar-refractivity contribution is -0.122. The van der Waals surface area contributed by atoms with Crippen LogP contribution in [0.3, 0.4) is 0 Å². The number of ether oxygens (including phenoxy) is 2. The molecular weight excluding hydrogens is 519 g/mol. The van der Waals surface area contributed by atoms with Crippen LogP contribution in [0.25, 0.3) is 6.08 Å². The molecule has 2 aromatic carbocycles. The van der Waals surface area contributed by atoms with Crippen LogP contribution in [-0.2, 0) is 9.59 Å². The smallest absolute Gasteiger partial charge is 0.266 e. The average Bonchev–Trinajstić information content (AvgIpc) is 3.02. The second-order valence-corrected chi connectivity index (χ2v) is 9.24. The Hall–Kier alpha value is -2.43. The Kier molecular flexibility index (Phi) is 8.27. The normalized spacial score (nSPS) is 14.8. The standard InChI is InChI=1S/C22H20BrFN2O4S2/c1-3-8-26-21(28)18(32-22(26)31)11-13-9-16(23)20(17(10-13)29-2)30-12-19(27)25-15-6-4-14(24)5-7-15/h4-7,9-11H,3,8,12H2,1-2H3,(H,25,27)/b18-11-. The number of methoxy groups -OCH3 is 1. The highest BCUT2D eigenvalue weighted by Gasteiger charge is 2.31. The third-order valence-electron chi connectivity index (χ3n) is 4.35. The minimum absolute atomic E-state index is 0.116. The van der Waals surface area contributed by atoms with Gasteiger partial charge in [-0.15, -0.1) is 0 Å². The largest absolute Gasteiger partial charge is 0.493 e. The monoisotopic (exact) mass is 538 g/mol. The van der Waals surface area contributed by atoms with Crippen LogP contribution in [0.15, 0.2) is 45.8 Å². The first-order valence-electron chi connectivity index (χ1n) is 9.63. The third-order valence-corrected chi connectivity index (χ3v) is 6.31. The summed E-state index contributed by atoms with van der Waals surface area (Å²) < 4.78 is 25.2.